The van der Waals surface area contributed by atoms with E-state index in [1.165, 1.54) is 29.8 Å². The number of halogens is 3. The minimum Gasteiger partial charge on any atom is -0.383 e. The van der Waals surface area contributed by atoms with Gasteiger partial charge < -0.3 is 22.1 Å². The number of nitrogen functional groups attached to an aromatic ring is 1. The number of hydrogen-bond acceptors (Lipinski definition) is 6. The van der Waals surface area contributed by atoms with E-state index in [1.54, 1.807) is 24.3 Å². The molecule has 2 aromatic heterocycles. The molecule has 4 aromatic rings. The summed E-state index contributed by atoms with van der Waals surface area (Å²) < 4.78 is 38.6. The zero-order valence-electron chi connectivity index (χ0n) is 18.0. The molecule has 3 amide bonds. The summed E-state index contributed by atoms with van der Waals surface area (Å²) in [5.74, 6) is -0.131. The van der Waals surface area contributed by atoms with Crippen LogP contribution in [0.2, 0.25) is 0 Å². The molecule has 0 spiro atoms. The SMILES string of the molecule is NC(=O)CCc1sc2ncnc(N)c2c1-c1ccc(NC(=O)Nc2cccc(C(F)(F)F)c2)cc1. The molecule has 0 fully saturated rings. The zero-order chi connectivity index (χ0) is 25.2. The van der Waals surface area contributed by atoms with Crippen LogP contribution in [-0.2, 0) is 17.4 Å². The molecule has 8 nitrogen and oxygen atoms in total. The number of alkyl halides is 3. The number of aromatic nitrogens is 2. The average Bonchev–Trinajstić information content (AvgIpc) is 3.17. The lowest BCUT2D eigenvalue weighted by atomic mass is 10.0. The maximum atomic E-state index is 12.9. The average molecular weight is 501 g/mol. The summed E-state index contributed by atoms with van der Waals surface area (Å²) >= 11 is 1.40. The molecule has 2 heterocycles. The smallest absolute Gasteiger partial charge is 0.383 e. The molecule has 6 N–H and O–H groups in total. The number of fused-ring (bicyclic) bond motifs is 1. The number of nitrogens with one attached hydrogen (secondary N) is 2. The fourth-order valence-electron chi connectivity index (χ4n) is 3.51. The molecule has 0 radical (unpaired) electrons. The fraction of sp³-hybridized carbons (Fsp3) is 0.130. The van der Waals surface area contributed by atoms with Crippen molar-refractivity contribution < 1.29 is 22.8 Å². The van der Waals surface area contributed by atoms with Crippen LogP contribution in [0.1, 0.15) is 16.9 Å². The predicted molar refractivity (Wildman–Crippen MR) is 129 cm³/mol. The summed E-state index contributed by atoms with van der Waals surface area (Å²) in [6, 6.07) is 10.4. The summed E-state index contributed by atoms with van der Waals surface area (Å²) in [7, 11) is 0. The summed E-state index contributed by atoms with van der Waals surface area (Å²) in [6.07, 6.45) is -2.58. The van der Waals surface area contributed by atoms with E-state index in [9.17, 15) is 22.8 Å². The van der Waals surface area contributed by atoms with Crippen molar-refractivity contribution in [1.29, 1.82) is 0 Å². The van der Waals surface area contributed by atoms with Crippen LogP contribution in [-0.4, -0.2) is 21.9 Å². The van der Waals surface area contributed by atoms with Crippen molar-refractivity contribution in [2.75, 3.05) is 16.4 Å². The van der Waals surface area contributed by atoms with E-state index < -0.39 is 23.7 Å². The Labute approximate surface area is 201 Å². The molecule has 0 atom stereocenters. The van der Waals surface area contributed by atoms with Crippen LogP contribution in [0, 0.1) is 0 Å². The first-order valence-corrected chi connectivity index (χ1v) is 11.1. The summed E-state index contributed by atoms with van der Waals surface area (Å²) in [5, 5.41) is 5.64. The number of rotatable bonds is 6. The number of thiophene rings is 1. The normalized spacial score (nSPS) is 11.4. The van der Waals surface area contributed by atoms with Crippen molar-refractivity contribution in [1.82, 2.24) is 9.97 Å². The van der Waals surface area contributed by atoms with E-state index in [1.807, 2.05) is 0 Å². The number of aryl methyl sites for hydroxylation is 1. The molecule has 0 saturated heterocycles. The first-order chi connectivity index (χ1) is 16.6. The van der Waals surface area contributed by atoms with Gasteiger partial charge in [0.2, 0.25) is 5.91 Å². The first kappa shape index (κ1) is 24.0. The van der Waals surface area contributed by atoms with Gasteiger partial charge in [0, 0.05) is 28.2 Å². The molecule has 12 heteroatoms. The Morgan fingerprint density at radius 1 is 1.00 bits per heavy atom. The third-order valence-electron chi connectivity index (χ3n) is 5.07. The molecule has 0 aliphatic heterocycles. The second-order valence-corrected chi connectivity index (χ2v) is 8.62. The standard InChI is InChI=1S/C23H19F3N6O2S/c24-23(25,26)13-2-1-3-15(10-13)32-22(34)31-14-6-4-12(5-7-14)18-16(8-9-17(27)33)35-21-19(18)20(28)29-11-30-21/h1-7,10-11H,8-9H2,(H2,27,33)(H2,28,29,30)(H2,31,32,34). The third-order valence-corrected chi connectivity index (χ3v) is 6.23. The van der Waals surface area contributed by atoms with Crippen molar-refractivity contribution in [3.63, 3.8) is 0 Å². The van der Waals surface area contributed by atoms with E-state index in [0.717, 1.165) is 28.1 Å². The topological polar surface area (TPSA) is 136 Å². The summed E-state index contributed by atoms with van der Waals surface area (Å²) in [6.45, 7) is 0. The van der Waals surface area contributed by atoms with Crippen LogP contribution in [0.15, 0.2) is 54.9 Å². The van der Waals surface area contributed by atoms with Gasteiger partial charge in [-0.3, -0.25) is 4.79 Å². The van der Waals surface area contributed by atoms with Gasteiger partial charge in [-0.15, -0.1) is 11.3 Å². The molecule has 180 valence electrons. The van der Waals surface area contributed by atoms with Crippen molar-refractivity contribution in [2.24, 2.45) is 5.73 Å². The van der Waals surface area contributed by atoms with Crippen LogP contribution >= 0.6 is 11.3 Å². The number of anilines is 3. The van der Waals surface area contributed by atoms with Gasteiger partial charge in [0.1, 0.15) is 17.0 Å². The maximum Gasteiger partial charge on any atom is 0.416 e. The number of nitrogens with two attached hydrogens (primary N) is 2. The van der Waals surface area contributed by atoms with E-state index in [4.69, 9.17) is 11.5 Å². The third kappa shape index (κ3) is 5.49. The highest BCUT2D eigenvalue weighted by atomic mass is 32.1. The van der Waals surface area contributed by atoms with Gasteiger partial charge in [0.05, 0.1) is 10.9 Å². The zero-order valence-corrected chi connectivity index (χ0v) is 18.8. The summed E-state index contributed by atoms with van der Waals surface area (Å²) in [5.41, 5.74) is 12.5. The summed E-state index contributed by atoms with van der Waals surface area (Å²) in [4.78, 5) is 33.5. The second kappa shape index (κ2) is 9.58. The number of amides is 3. The molecule has 0 aliphatic rings. The number of benzene rings is 2. The Balaban J connectivity index is 1.55. The number of urea groups is 1. The van der Waals surface area contributed by atoms with E-state index >= 15 is 0 Å². The maximum absolute atomic E-state index is 12.9. The molecule has 4 rings (SSSR count). The molecule has 0 saturated carbocycles. The quantitative estimate of drug-likeness (QED) is 0.295. The van der Waals surface area contributed by atoms with Gasteiger partial charge in [0.25, 0.3) is 0 Å². The van der Waals surface area contributed by atoms with Gasteiger partial charge in [-0.2, -0.15) is 13.2 Å². The van der Waals surface area contributed by atoms with Gasteiger partial charge >= 0.3 is 12.2 Å². The highest BCUT2D eigenvalue weighted by Crippen LogP contribution is 2.41. The number of nitrogens with zero attached hydrogens (tertiary/aromatic N) is 2. The van der Waals surface area contributed by atoms with Gasteiger partial charge in [-0.05, 0) is 42.3 Å². The molecule has 0 unspecified atom stereocenters. The minimum absolute atomic E-state index is 0.00764. The highest BCUT2D eigenvalue weighted by Gasteiger charge is 2.30. The van der Waals surface area contributed by atoms with Crippen LogP contribution in [0.5, 0.6) is 0 Å². The minimum atomic E-state index is -4.51. The lowest BCUT2D eigenvalue weighted by molar-refractivity contribution is -0.137. The lowest BCUT2D eigenvalue weighted by Crippen LogP contribution is -2.19. The molecular weight excluding hydrogens is 481 g/mol. The van der Waals surface area contributed by atoms with E-state index in [-0.39, 0.29) is 12.1 Å². The van der Waals surface area contributed by atoms with E-state index in [2.05, 4.69) is 20.6 Å². The Bertz CT molecular complexity index is 1400. The molecule has 0 bridgehead atoms. The number of primary amides is 1. The van der Waals surface area contributed by atoms with Crippen molar-refractivity contribution >= 4 is 50.7 Å². The Morgan fingerprint density at radius 3 is 2.40 bits per heavy atom. The predicted octanol–water partition coefficient (Wildman–Crippen LogP) is 5.02. The van der Waals surface area contributed by atoms with Crippen LogP contribution < -0.4 is 22.1 Å². The number of hydrogen-bond donors (Lipinski definition) is 4. The monoisotopic (exact) mass is 500 g/mol. The Hall–Kier alpha value is -4.19. The Morgan fingerprint density at radius 2 is 1.71 bits per heavy atom. The Kier molecular flexibility index (Phi) is 6.56. The van der Waals surface area contributed by atoms with Crippen LogP contribution in [0.3, 0.4) is 0 Å². The van der Waals surface area contributed by atoms with Crippen molar-refractivity contribution in [2.45, 2.75) is 19.0 Å². The molecular formula is C23H19F3N6O2S. The molecule has 2 aromatic carbocycles. The fourth-order valence-corrected chi connectivity index (χ4v) is 4.67. The second-order valence-electron chi connectivity index (χ2n) is 7.54. The number of carbonyl (C=O) groups is 2. The van der Waals surface area contributed by atoms with Crippen molar-refractivity contribution in [3.05, 3.63) is 65.3 Å². The van der Waals surface area contributed by atoms with Crippen molar-refractivity contribution in [3.8, 4) is 11.1 Å². The van der Waals surface area contributed by atoms with Gasteiger partial charge in [0.15, 0.2) is 0 Å². The molecule has 35 heavy (non-hydrogen) atoms. The largest absolute Gasteiger partial charge is 0.416 e. The van der Waals surface area contributed by atoms with Gasteiger partial charge in [-0.1, -0.05) is 18.2 Å². The first-order valence-electron chi connectivity index (χ1n) is 10.3. The van der Waals surface area contributed by atoms with Crippen LogP contribution in [0.4, 0.5) is 35.2 Å². The number of carbonyl (C=O) groups excluding carboxylic acids is 2. The van der Waals surface area contributed by atoms with Gasteiger partial charge in [-0.25, -0.2) is 14.8 Å². The van der Waals surface area contributed by atoms with E-state index in [0.29, 0.717) is 28.1 Å². The lowest BCUT2D eigenvalue weighted by Gasteiger charge is -2.11. The van der Waals surface area contributed by atoms with Crippen LogP contribution in [0.25, 0.3) is 21.3 Å². The molecule has 0 aliphatic carbocycles. The highest BCUT2D eigenvalue weighted by molar-refractivity contribution is 7.19.